The molecular weight excluding hydrogens is 366 g/mol. The fraction of sp³-hybridized carbons (Fsp3) is 0.316. The molecule has 0 bridgehead atoms. The van der Waals surface area contributed by atoms with Gasteiger partial charge in [0.15, 0.2) is 0 Å². The molecule has 0 unspecified atom stereocenters. The molecule has 2 rings (SSSR count). The van der Waals surface area contributed by atoms with Gasteiger partial charge in [-0.25, -0.2) is 8.42 Å². The number of nitrogens with zero attached hydrogens (tertiary/aromatic N) is 2. The highest BCUT2D eigenvalue weighted by Crippen LogP contribution is 2.26. The summed E-state index contributed by atoms with van der Waals surface area (Å²) in [7, 11) is 1.66. The van der Waals surface area contributed by atoms with E-state index in [4.69, 9.17) is 4.74 Å². The van der Waals surface area contributed by atoms with Gasteiger partial charge in [0.2, 0.25) is 15.9 Å². The van der Waals surface area contributed by atoms with Crippen LogP contribution in [0.3, 0.4) is 0 Å². The Morgan fingerprint density at radius 2 is 1.67 bits per heavy atom. The molecule has 2 aromatic carbocycles. The van der Waals surface area contributed by atoms with Crippen LogP contribution in [0.25, 0.3) is 0 Å². The summed E-state index contributed by atoms with van der Waals surface area (Å²) >= 11 is 0. The number of carbonyl (C=O) groups is 1. The standard InChI is InChI=1S/C19H25N3O4S/c1-14-6-11-18(26-4)17(12-14)20-19(23)13-22(27(5,24)25)16-9-7-15(8-10-16)21(2)3/h6-12H,13H2,1-5H3,(H,20,23). The van der Waals surface area contributed by atoms with Crippen molar-refractivity contribution in [3.63, 3.8) is 0 Å². The van der Waals surface area contributed by atoms with Crippen LogP contribution in [0.15, 0.2) is 42.5 Å². The van der Waals surface area contributed by atoms with Gasteiger partial charge >= 0.3 is 0 Å². The summed E-state index contributed by atoms with van der Waals surface area (Å²) in [6, 6.07) is 12.3. The van der Waals surface area contributed by atoms with Gasteiger partial charge in [-0.1, -0.05) is 6.07 Å². The average Bonchev–Trinajstić information content (AvgIpc) is 2.59. The Morgan fingerprint density at radius 1 is 1.07 bits per heavy atom. The molecule has 0 atom stereocenters. The van der Waals surface area contributed by atoms with E-state index in [2.05, 4.69) is 5.32 Å². The zero-order valence-electron chi connectivity index (χ0n) is 16.2. The van der Waals surface area contributed by atoms with Crippen LogP contribution in [0.5, 0.6) is 5.75 Å². The third-order valence-corrected chi connectivity index (χ3v) is 5.11. The maximum absolute atomic E-state index is 12.5. The Morgan fingerprint density at radius 3 is 2.19 bits per heavy atom. The van der Waals surface area contributed by atoms with Crippen molar-refractivity contribution in [2.24, 2.45) is 0 Å². The van der Waals surface area contributed by atoms with E-state index >= 15 is 0 Å². The fourth-order valence-electron chi connectivity index (χ4n) is 2.56. The fourth-order valence-corrected chi connectivity index (χ4v) is 3.41. The van der Waals surface area contributed by atoms with E-state index < -0.39 is 15.9 Å². The number of benzene rings is 2. The molecule has 7 nitrogen and oxygen atoms in total. The molecule has 27 heavy (non-hydrogen) atoms. The number of sulfonamides is 1. The van der Waals surface area contributed by atoms with Crippen molar-refractivity contribution in [2.75, 3.05) is 48.5 Å². The highest BCUT2D eigenvalue weighted by Gasteiger charge is 2.21. The molecule has 146 valence electrons. The van der Waals surface area contributed by atoms with Gasteiger partial charge in [-0.05, 0) is 48.9 Å². The van der Waals surface area contributed by atoms with Crippen LogP contribution in [0.2, 0.25) is 0 Å². The monoisotopic (exact) mass is 391 g/mol. The summed E-state index contributed by atoms with van der Waals surface area (Å²) in [6.45, 7) is 1.56. The number of hydrogen-bond acceptors (Lipinski definition) is 5. The summed E-state index contributed by atoms with van der Waals surface area (Å²) < 4.78 is 30.8. The molecule has 0 aliphatic heterocycles. The van der Waals surface area contributed by atoms with Crippen LogP contribution in [-0.2, 0) is 14.8 Å². The first-order chi connectivity index (χ1) is 12.6. The first kappa shape index (κ1) is 20.6. The lowest BCUT2D eigenvalue weighted by Gasteiger charge is -2.23. The quantitative estimate of drug-likeness (QED) is 0.784. The van der Waals surface area contributed by atoms with Crippen molar-refractivity contribution < 1.29 is 17.9 Å². The van der Waals surface area contributed by atoms with Crippen LogP contribution in [-0.4, -0.2) is 48.3 Å². The van der Waals surface area contributed by atoms with Crippen molar-refractivity contribution in [2.45, 2.75) is 6.92 Å². The number of carbonyl (C=O) groups excluding carboxylic acids is 1. The van der Waals surface area contributed by atoms with Crippen molar-refractivity contribution in [1.29, 1.82) is 0 Å². The molecule has 0 heterocycles. The second-order valence-electron chi connectivity index (χ2n) is 6.43. The minimum Gasteiger partial charge on any atom is -0.495 e. The second kappa shape index (κ2) is 8.30. The van der Waals surface area contributed by atoms with E-state index in [1.54, 1.807) is 36.4 Å². The van der Waals surface area contributed by atoms with Crippen LogP contribution in [0, 0.1) is 6.92 Å². The molecule has 1 amide bonds. The van der Waals surface area contributed by atoms with Gasteiger partial charge in [0, 0.05) is 19.8 Å². The number of ether oxygens (including phenoxy) is 1. The second-order valence-corrected chi connectivity index (χ2v) is 8.34. The maximum atomic E-state index is 12.5. The lowest BCUT2D eigenvalue weighted by molar-refractivity contribution is -0.114. The van der Waals surface area contributed by atoms with E-state index in [9.17, 15) is 13.2 Å². The van der Waals surface area contributed by atoms with Gasteiger partial charge < -0.3 is 15.0 Å². The Bertz CT molecular complexity index is 909. The zero-order chi connectivity index (χ0) is 20.2. The van der Waals surface area contributed by atoms with Gasteiger partial charge in [0.25, 0.3) is 0 Å². The first-order valence-corrected chi connectivity index (χ1v) is 10.2. The van der Waals surface area contributed by atoms with Crippen LogP contribution < -0.4 is 19.3 Å². The summed E-state index contributed by atoms with van der Waals surface area (Å²) in [5, 5.41) is 2.73. The predicted molar refractivity (Wildman–Crippen MR) is 109 cm³/mol. The maximum Gasteiger partial charge on any atom is 0.245 e. The van der Waals surface area contributed by atoms with E-state index in [1.807, 2.05) is 32.0 Å². The number of amides is 1. The average molecular weight is 391 g/mol. The highest BCUT2D eigenvalue weighted by molar-refractivity contribution is 7.92. The van der Waals surface area contributed by atoms with E-state index in [0.29, 0.717) is 17.1 Å². The van der Waals surface area contributed by atoms with Gasteiger partial charge in [0.05, 0.1) is 24.7 Å². The Hall–Kier alpha value is -2.74. The molecule has 0 spiro atoms. The van der Waals surface area contributed by atoms with Gasteiger partial charge in [-0.3, -0.25) is 9.10 Å². The number of aryl methyl sites for hydroxylation is 1. The molecule has 0 aliphatic rings. The number of nitrogens with one attached hydrogen (secondary N) is 1. The Kier molecular flexibility index (Phi) is 6.32. The smallest absolute Gasteiger partial charge is 0.245 e. The Balaban J connectivity index is 2.24. The highest BCUT2D eigenvalue weighted by atomic mass is 32.2. The van der Waals surface area contributed by atoms with Gasteiger partial charge in [-0.2, -0.15) is 0 Å². The molecule has 1 N–H and O–H groups in total. The molecule has 0 saturated heterocycles. The third-order valence-electron chi connectivity index (χ3n) is 3.97. The van der Waals surface area contributed by atoms with Gasteiger partial charge in [0.1, 0.15) is 12.3 Å². The van der Waals surface area contributed by atoms with Crippen LogP contribution in [0.4, 0.5) is 17.1 Å². The topological polar surface area (TPSA) is 79.0 Å². The summed E-state index contributed by atoms with van der Waals surface area (Å²) in [5.41, 5.74) is 2.81. The number of hydrogen-bond donors (Lipinski definition) is 1. The zero-order valence-corrected chi connectivity index (χ0v) is 17.0. The number of anilines is 3. The molecule has 0 radical (unpaired) electrons. The largest absolute Gasteiger partial charge is 0.495 e. The van der Waals surface area contributed by atoms with Crippen molar-refractivity contribution >= 4 is 33.0 Å². The number of rotatable bonds is 7. The minimum atomic E-state index is -3.63. The summed E-state index contributed by atoms with van der Waals surface area (Å²) in [5.74, 6) is 0.0520. The molecule has 2 aromatic rings. The van der Waals surface area contributed by atoms with Gasteiger partial charge in [-0.15, -0.1) is 0 Å². The molecule has 0 saturated carbocycles. The number of methoxy groups -OCH3 is 1. The van der Waals surface area contributed by atoms with Crippen LogP contribution >= 0.6 is 0 Å². The van der Waals surface area contributed by atoms with Crippen molar-refractivity contribution in [3.8, 4) is 5.75 Å². The SMILES string of the molecule is COc1ccc(C)cc1NC(=O)CN(c1ccc(N(C)C)cc1)S(C)(=O)=O. The van der Waals surface area contributed by atoms with E-state index in [-0.39, 0.29) is 6.54 Å². The first-order valence-electron chi connectivity index (χ1n) is 8.31. The third kappa shape index (κ3) is 5.37. The lowest BCUT2D eigenvalue weighted by Crippen LogP contribution is -2.37. The van der Waals surface area contributed by atoms with E-state index in [1.165, 1.54) is 7.11 Å². The molecule has 0 aliphatic carbocycles. The van der Waals surface area contributed by atoms with Crippen LogP contribution in [0.1, 0.15) is 5.56 Å². The minimum absolute atomic E-state index is 0.336. The van der Waals surface area contributed by atoms with Crippen molar-refractivity contribution in [1.82, 2.24) is 0 Å². The van der Waals surface area contributed by atoms with E-state index in [0.717, 1.165) is 21.8 Å². The normalized spacial score (nSPS) is 11.0. The molecule has 0 fully saturated rings. The van der Waals surface area contributed by atoms with Crippen molar-refractivity contribution in [3.05, 3.63) is 48.0 Å². The summed E-state index contributed by atoms with van der Waals surface area (Å²) in [6.07, 6.45) is 1.08. The lowest BCUT2D eigenvalue weighted by atomic mass is 10.2. The predicted octanol–water partition coefficient (Wildman–Crippen LogP) is 2.47. The summed E-state index contributed by atoms with van der Waals surface area (Å²) in [4.78, 5) is 14.4. The molecule has 8 heteroatoms. The molecule has 0 aromatic heterocycles. The Labute approximate surface area is 160 Å². The molecular formula is C19H25N3O4S.